The van der Waals surface area contributed by atoms with Crippen molar-refractivity contribution >= 4 is 17.6 Å². The standard InChI is InChI=1S/C19H15F6N7/c1-9-7-12(9)29-17-31-15(11-3-2-4-13(28-11)18(20,21)22)30-16(32-17)27-10-5-6-26-14(8-10)19(23,24)25/h2-6,8-9,12H,7H2,1H3,(H2,26,27,29,30,31,32)/t9-,12?/m0/s1. The molecule has 0 amide bonds. The number of hydrogen-bond donors (Lipinski definition) is 2. The average molecular weight is 455 g/mol. The molecule has 0 spiro atoms. The van der Waals surface area contributed by atoms with Gasteiger partial charge in [0.15, 0.2) is 5.82 Å². The fourth-order valence-corrected chi connectivity index (χ4v) is 2.81. The fraction of sp³-hybridized carbons (Fsp3) is 0.316. The van der Waals surface area contributed by atoms with Crippen molar-refractivity contribution in [3.8, 4) is 11.5 Å². The summed E-state index contributed by atoms with van der Waals surface area (Å²) in [6, 6.07) is 5.39. The number of alkyl halides is 6. The highest BCUT2D eigenvalue weighted by molar-refractivity contribution is 5.59. The lowest BCUT2D eigenvalue weighted by Crippen LogP contribution is -2.13. The van der Waals surface area contributed by atoms with Gasteiger partial charge in [0, 0.05) is 17.9 Å². The molecule has 2 atom stereocenters. The lowest BCUT2D eigenvalue weighted by Gasteiger charge is -2.12. The summed E-state index contributed by atoms with van der Waals surface area (Å²) < 4.78 is 78.0. The van der Waals surface area contributed by atoms with Gasteiger partial charge in [-0.15, -0.1) is 0 Å². The van der Waals surface area contributed by atoms with E-state index in [1.54, 1.807) is 0 Å². The second-order valence-corrected chi connectivity index (χ2v) is 7.23. The maximum absolute atomic E-state index is 13.0. The Labute approximate surface area is 177 Å². The molecule has 7 nitrogen and oxygen atoms in total. The van der Waals surface area contributed by atoms with Gasteiger partial charge < -0.3 is 10.6 Å². The van der Waals surface area contributed by atoms with Crippen LogP contribution in [0.25, 0.3) is 11.5 Å². The molecule has 0 radical (unpaired) electrons. The SMILES string of the molecule is C[C@H]1CC1Nc1nc(Nc2ccnc(C(F)(F)F)c2)nc(-c2cccc(C(F)(F)F)n2)n1. The molecule has 1 aliphatic carbocycles. The third kappa shape index (κ3) is 5.03. The molecular formula is C19H15F6N7. The molecular weight excluding hydrogens is 440 g/mol. The number of hydrogen-bond acceptors (Lipinski definition) is 7. The van der Waals surface area contributed by atoms with E-state index < -0.39 is 23.7 Å². The second-order valence-electron chi connectivity index (χ2n) is 7.23. The van der Waals surface area contributed by atoms with Gasteiger partial charge in [0.05, 0.1) is 0 Å². The molecule has 0 bridgehead atoms. The summed E-state index contributed by atoms with van der Waals surface area (Å²) in [7, 11) is 0. The summed E-state index contributed by atoms with van der Waals surface area (Å²) in [5.41, 5.74) is -2.42. The first-order chi connectivity index (χ1) is 15.0. The number of halogens is 6. The largest absolute Gasteiger partial charge is 0.433 e. The summed E-state index contributed by atoms with van der Waals surface area (Å²) >= 11 is 0. The number of aromatic nitrogens is 5. The zero-order chi connectivity index (χ0) is 23.1. The van der Waals surface area contributed by atoms with E-state index in [4.69, 9.17) is 0 Å². The molecule has 1 aliphatic rings. The van der Waals surface area contributed by atoms with Crippen molar-refractivity contribution in [1.29, 1.82) is 0 Å². The molecule has 0 aromatic carbocycles. The van der Waals surface area contributed by atoms with Crippen LogP contribution in [0.15, 0.2) is 36.5 Å². The van der Waals surface area contributed by atoms with E-state index in [-0.39, 0.29) is 35.1 Å². The van der Waals surface area contributed by atoms with Gasteiger partial charge in [-0.2, -0.15) is 41.3 Å². The van der Waals surface area contributed by atoms with E-state index in [0.717, 1.165) is 30.8 Å². The van der Waals surface area contributed by atoms with Gasteiger partial charge in [-0.25, -0.2) is 4.98 Å². The molecule has 1 fully saturated rings. The molecule has 13 heteroatoms. The Morgan fingerprint density at radius 2 is 1.56 bits per heavy atom. The summed E-state index contributed by atoms with van der Waals surface area (Å²) in [6.07, 6.45) is -7.50. The van der Waals surface area contributed by atoms with Crippen molar-refractivity contribution in [1.82, 2.24) is 24.9 Å². The predicted octanol–water partition coefficient (Wildman–Crippen LogP) is 4.93. The van der Waals surface area contributed by atoms with Gasteiger partial charge in [0.1, 0.15) is 17.1 Å². The van der Waals surface area contributed by atoms with Gasteiger partial charge in [0.2, 0.25) is 11.9 Å². The first kappa shape index (κ1) is 21.7. The Bertz CT molecular complexity index is 1130. The summed E-state index contributed by atoms with van der Waals surface area (Å²) in [5.74, 6) is 0.0860. The molecule has 0 aliphatic heterocycles. The van der Waals surface area contributed by atoms with E-state index in [9.17, 15) is 26.3 Å². The molecule has 0 saturated heterocycles. The fourth-order valence-electron chi connectivity index (χ4n) is 2.81. The Hall–Kier alpha value is -3.51. The van der Waals surface area contributed by atoms with E-state index >= 15 is 0 Å². The third-order valence-corrected chi connectivity index (χ3v) is 4.63. The van der Waals surface area contributed by atoms with E-state index in [1.165, 1.54) is 12.1 Å². The summed E-state index contributed by atoms with van der Waals surface area (Å²) in [6.45, 7) is 1.99. The summed E-state index contributed by atoms with van der Waals surface area (Å²) in [5, 5.41) is 5.66. The Kier molecular flexibility index (Phi) is 5.34. The minimum absolute atomic E-state index is 0.00721. The monoisotopic (exact) mass is 455 g/mol. The molecule has 32 heavy (non-hydrogen) atoms. The van der Waals surface area contributed by atoms with Crippen molar-refractivity contribution in [3.05, 3.63) is 47.9 Å². The molecule has 168 valence electrons. The topological polar surface area (TPSA) is 88.5 Å². The minimum Gasteiger partial charge on any atom is -0.351 e. The molecule has 1 saturated carbocycles. The zero-order valence-corrected chi connectivity index (χ0v) is 16.3. The van der Waals surface area contributed by atoms with Crippen LogP contribution in [0.3, 0.4) is 0 Å². The number of pyridine rings is 2. The van der Waals surface area contributed by atoms with Crippen LogP contribution in [0, 0.1) is 5.92 Å². The minimum atomic E-state index is -4.67. The highest BCUT2D eigenvalue weighted by Gasteiger charge is 2.35. The average Bonchev–Trinajstić information content (AvgIpc) is 3.41. The normalized spacial score (nSPS) is 18.3. The number of nitrogens with zero attached hydrogens (tertiary/aromatic N) is 5. The zero-order valence-electron chi connectivity index (χ0n) is 16.3. The van der Waals surface area contributed by atoms with Gasteiger partial charge in [-0.3, -0.25) is 4.98 Å². The molecule has 3 heterocycles. The van der Waals surface area contributed by atoms with Crippen molar-refractivity contribution in [2.24, 2.45) is 5.92 Å². The Balaban J connectivity index is 1.71. The maximum atomic E-state index is 13.0. The van der Waals surface area contributed by atoms with Crippen LogP contribution in [0.5, 0.6) is 0 Å². The molecule has 2 N–H and O–H groups in total. The van der Waals surface area contributed by atoms with Gasteiger partial charge in [-0.05, 0) is 36.6 Å². The Morgan fingerprint density at radius 1 is 0.875 bits per heavy atom. The number of anilines is 3. The maximum Gasteiger partial charge on any atom is 0.433 e. The second kappa shape index (κ2) is 7.88. The number of rotatable bonds is 5. The smallest absolute Gasteiger partial charge is 0.351 e. The van der Waals surface area contributed by atoms with E-state index in [2.05, 4.69) is 35.6 Å². The number of nitrogens with one attached hydrogen (secondary N) is 2. The predicted molar refractivity (Wildman–Crippen MR) is 102 cm³/mol. The summed E-state index contributed by atoms with van der Waals surface area (Å²) in [4.78, 5) is 19.2. The van der Waals surface area contributed by atoms with Gasteiger partial charge in [0.25, 0.3) is 0 Å². The van der Waals surface area contributed by atoms with Crippen molar-refractivity contribution in [2.75, 3.05) is 10.6 Å². The highest BCUT2D eigenvalue weighted by atomic mass is 19.4. The third-order valence-electron chi connectivity index (χ3n) is 4.63. The first-order valence-electron chi connectivity index (χ1n) is 9.36. The van der Waals surface area contributed by atoms with Crippen LogP contribution in [0.2, 0.25) is 0 Å². The molecule has 4 rings (SSSR count). The van der Waals surface area contributed by atoms with Crippen molar-refractivity contribution in [3.63, 3.8) is 0 Å². The first-order valence-corrected chi connectivity index (χ1v) is 9.36. The van der Waals surface area contributed by atoms with E-state index in [0.29, 0.717) is 5.92 Å². The van der Waals surface area contributed by atoms with Crippen molar-refractivity contribution in [2.45, 2.75) is 31.7 Å². The van der Waals surface area contributed by atoms with Crippen molar-refractivity contribution < 1.29 is 26.3 Å². The highest BCUT2D eigenvalue weighted by Crippen LogP contribution is 2.33. The van der Waals surface area contributed by atoms with Gasteiger partial charge in [-0.1, -0.05) is 13.0 Å². The van der Waals surface area contributed by atoms with Crippen LogP contribution in [0.1, 0.15) is 24.7 Å². The van der Waals surface area contributed by atoms with Crippen LogP contribution in [-0.2, 0) is 12.4 Å². The lowest BCUT2D eigenvalue weighted by molar-refractivity contribution is -0.141. The Morgan fingerprint density at radius 3 is 2.22 bits per heavy atom. The molecule has 3 aromatic rings. The van der Waals surface area contributed by atoms with E-state index in [1.807, 2.05) is 6.92 Å². The lowest BCUT2D eigenvalue weighted by atomic mass is 10.3. The molecule has 1 unspecified atom stereocenters. The van der Waals surface area contributed by atoms with Crippen LogP contribution in [0.4, 0.5) is 43.9 Å². The van der Waals surface area contributed by atoms with Crippen LogP contribution in [-0.4, -0.2) is 31.0 Å². The molecule has 3 aromatic heterocycles. The van der Waals surface area contributed by atoms with Crippen LogP contribution >= 0.6 is 0 Å². The van der Waals surface area contributed by atoms with Gasteiger partial charge >= 0.3 is 12.4 Å². The quantitative estimate of drug-likeness (QED) is 0.528. The van der Waals surface area contributed by atoms with Crippen LogP contribution < -0.4 is 10.6 Å².